The molecule has 6 heteroatoms. The van der Waals surface area contributed by atoms with Crippen LogP contribution >= 0.6 is 0 Å². The number of benzene rings is 3. The van der Waals surface area contributed by atoms with Crippen LogP contribution in [0.5, 0.6) is 0 Å². The van der Waals surface area contributed by atoms with Crippen LogP contribution in [0.4, 0.5) is 0 Å². The second-order valence-corrected chi connectivity index (χ2v) is 7.61. The molecule has 3 aromatic carbocycles. The van der Waals surface area contributed by atoms with Gasteiger partial charge in [0.05, 0.1) is 0 Å². The van der Waals surface area contributed by atoms with E-state index in [0.717, 1.165) is 22.3 Å². The Morgan fingerprint density at radius 3 is 1.75 bits per heavy atom. The molecule has 0 spiro atoms. The van der Waals surface area contributed by atoms with Gasteiger partial charge in [-0.05, 0) is 22.3 Å². The van der Waals surface area contributed by atoms with Crippen molar-refractivity contribution in [2.45, 2.75) is 31.8 Å². The molecular weight excluding hydrogens is 404 g/mol. The normalized spacial score (nSPS) is 12.4. The Balaban J connectivity index is 1.69. The fourth-order valence-electron chi connectivity index (χ4n) is 3.48. The summed E-state index contributed by atoms with van der Waals surface area (Å²) in [5, 5.41) is 14.9. The first kappa shape index (κ1) is 22.7. The summed E-state index contributed by atoms with van der Waals surface area (Å²) >= 11 is 0. The van der Waals surface area contributed by atoms with Crippen molar-refractivity contribution in [2.75, 3.05) is 0 Å². The van der Waals surface area contributed by atoms with E-state index in [1.54, 1.807) is 0 Å². The van der Waals surface area contributed by atoms with Crippen LogP contribution in [0.3, 0.4) is 0 Å². The van der Waals surface area contributed by atoms with Crippen molar-refractivity contribution in [1.82, 2.24) is 10.6 Å². The molecular formula is C26H26N2O4. The van der Waals surface area contributed by atoms with Crippen LogP contribution in [0, 0.1) is 0 Å². The minimum atomic E-state index is -1.13. The van der Waals surface area contributed by atoms with Crippen molar-refractivity contribution in [3.05, 3.63) is 96.1 Å². The van der Waals surface area contributed by atoms with Crippen LogP contribution in [0.1, 0.15) is 18.1 Å². The molecule has 0 unspecified atom stereocenters. The number of carboxylic acids is 1. The molecule has 0 radical (unpaired) electrons. The molecule has 0 heterocycles. The largest absolute Gasteiger partial charge is 0.480 e. The first-order valence-corrected chi connectivity index (χ1v) is 10.4. The highest BCUT2D eigenvalue weighted by molar-refractivity contribution is 5.90. The van der Waals surface area contributed by atoms with Gasteiger partial charge in [-0.25, -0.2) is 4.79 Å². The third-order valence-corrected chi connectivity index (χ3v) is 5.09. The molecule has 2 amide bonds. The number of nitrogens with one attached hydrogen (secondary N) is 2. The highest BCUT2D eigenvalue weighted by atomic mass is 16.4. The molecule has 0 fully saturated rings. The number of carboxylic acid groups (broad SMARTS) is 1. The number of carbonyl (C=O) groups is 3. The minimum absolute atomic E-state index is 0.133. The maximum absolute atomic E-state index is 12.8. The Bertz CT molecular complexity index is 1050. The van der Waals surface area contributed by atoms with Gasteiger partial charge < -0.3 is 15.7 Å². The fourth-order valence-corrected chi connectivity index (χ4v) is 3.48. The fraction of sp³-hybridized carbons (Fsp3) is 0.192. The molecule has 0 aliphatic carbocycles. The third-order valence-electron chi connectivity index (χ3n) is 5.09. The second kappa shape index (κ2) is 10.9. The lowest BCUT2D eigenvalue weighted by Crippen LogP contribution is -2.52. The molecule has 0 saturated carbocycles. The number of carbonyl (C=O) groups excluding carboxylic acids is 2. The van der Waals surface area contributed by atoms with Crippen molar-refractivity contribution >= 4 is 17.8 Å². The topological polar surface area (TPSA) is 95.5 Å². The van der Waals surface area contributed by atoms with Gasteiger partial charge in [0.2, 0.25) is 11.8 Å². The Morgan fingerprint density at radius 2 is 1.19 bits per heavy atom. The van der Waals surface area contributed by atoms with Crippen LogP contribution in [0.2, 0.25) is 0 Å². The van der Waals surface area contributed by atoms with Gasteiger partial charge in [-0.2, -0.15) is 0 Å². The summed E-state index contributed by atoms with van der Waals surface area (Å²) in [4.78, 5) is 36.3. The second-order valence-electron chi connectivity index (χ2n) is 7.61. The average molecular weight is 431 g/mol. The zero-order chi connectivity index (χ0) is 22.9. The van der Waals surface area contributed by atoms with Crippen LogP contribution in [0.15, 0.2) is 84.9 Å². The Morgan fingerprint density at radius 1 is 0.688 bits per heavy atom. The standard InChI is InChI=1S/C26H26N2O4/c1-18(29)27-23(16-19-8-4-2-5-9-19)25(30)28-24(26(31)32)17-20-12-14-22(15-13-20)21-10-6-3-7-11-21/h2-15,23-24H,16-17H2,1H3,(H,27,29)(H,28,30)(H,31,32)/t23-,24+/m0/s1. The maximum Gasteiger partial charge on any atom is 0.326 e. The Hall–Kier alpha value is -3.93. The summed E-state index contributed by atoms with van der Waals surface area (Å²) in [6.45, 7) is 1.33. The molecule has 0 bridgehead atoms. The van der Waals surface area contributed by atoms with E-state index in [0.29, 0.717) is 0 Å². The van der Waals surface area contributed by atoms with E-state index in [1.807, 2.05) is 84.9 Å². The number of amides is 2. The summed E-state index contributed by atoms with van der Waals surface area (Å²) in [5.41, 5.74) is 3.75. The molecule has 0 aliphatic heterocycles. The Kier molecular flexibility index (Phi) is 7.75. The summed E-state index contributed by atoms with van der Waals surface area (Å²) in [7, 11) is 0. The molecule has 3 N–H and O–H groups in total. The number of aliphatic carboxylic acids is 1. The van der Waals surface area contributed by atoms with E-state index in [2.05, 4.69) is 10.6 Å². The first-order valence-electron chi connectivity index (χ1n) is 10.4. The predicted octanol–water partition coefficient (Wildman–Crippen LogP) is 3.21. The quantitative estimate of drug-likeness (QED) is 0.486. The van der Waals surface area contributed by atoms with E-state index in [4.69, 9.17) is 0 Å². The van der Waals surface area contributed by atoms with E-state index in [1.165, 1.54) is 6.92 Å². The zero-order valence-electron chi connectivity index (χ0n) is 17.8. The third kappa shape index (κ3) is 6.54. The lowest BCUT2D eigenvalue weighted by atomic mass is 10.00. The highest BCUT2D eigenvalue weighted by Gasteiger charge is 2.26. The monoisotopic (exact) mass is 430 g/mol. The zero-order valence-corrected chi connectivity index (χ0v) is 17.8. The van der Waals surface area contributed by atoms with Gasteiger partial charge in [-0.3, -0.25) is 9.59 Å². The van der Waals surface area contributed by atoms with Gasteiger partial charge in [-0.1, -0.05) is 84.9 Å². The SMILES string of the molecule is CC(=O)N[C@@H](Cc1ccccc1)C(=O)N[C@H](Cc1ccc(-c2ccccc2)cc1)C(=O)O. The van der Waals surface area contributed by atoms with Gasteiger partial charge in [0.25, 0.3) is 0 Å². The van der Waals surface area contributed by atoms with Crippen LogP contribution in [-0.4, -0.2) is 35.0 Å². The van der Waals surface area contributed by atoms with Crippen molar-refractivity contribution in [3.8, 4) is 11.1 Å². The van der Waals surface area contributed by atoms with Crippen LogP contribution < -0.4 is 10.6 Å². The van der Waals surface area contributed by atoms with Crippen molar-refractivity contribution < 1.29 is 19.5 Å². The minimum Gasteiger partial charge on any atom is -0.480 e. The molecule has 2 atom stereocenters. The molecule has 3 rings (SSSR count). The van der Waals surface area contributed by atoms with Crippen LogP contribution in [0.25, 0.3) is 11.1 Å². The number of rotatable bonds is 9. The number of hydrogen-bond donors (Lipinski definition) is 3. The summed E-state index contributed by atoms with van der Waals surface area (Å²) in [6, 6.07) is 24.7. The molecule has 3 aromatic rings. The van der Waals surface area contributed by atoms with Gasteiger partial charge in [0.15, 0.2) is 0 Å². The molecule has 0 saturated heterocycles. The van der Waals surface area contributed by atoms with Gasteiger partial charge in [-0.15, -0.1) is 0 Å². The van der Waals surface area contributed by atoms with E-state index in [9.17, 15) is 19.5 Å². The van der Waals surface area contributed by atoms with Crippen molar-refractivity contribution in [2.24, 2.45) is 0 Å². The number of hydrogen-bond acceptors (Lipinski definition) is 3. The van der Waals surface area contributed by atoms with E-state index < -0.39 is 24.0 Å². The predicted molar refractivity (Wildman–Crippen MR) is 123 cm³/mol. The molecule has 6 nitrogen and oxygen atoms in total. The van der Waals surface area contributed by atoms with Gasteiger partial charge in [0.1, 0.15) is 12.1 Å². The smallest absolute Gasteiger partial charge is 0.326 e. The summed E-state index contributed by atoms with van der Waals surface area (Å²) in [6.07, 6.45) is 0.401. The van der Waals surface area contributed by atoms with Gasteiger partial charge in [0, 0.05) is 19.8 Å². The molecule has 32 heavy (non-hydrogen) atoms. The lowest BCUT2D eigenvalue weighted by Gasteiger charge is -2.21. The summed E-state index contributed by atoms with van der Waals surface area (Å²) in [5.74, 6) is -2.02. The molecule has 0 aromatic heterocycles. The molecule has 0 aliphatic rings. The molecule has 164 valence electrons. The van der Waals surface area contributed by atoms with Crippen molar-refractivity contribution in [1.29, 1.82) is 0 Å². The van der Waals surface area contributed by atoms with E-state index >= 15 is 0 Å². The van der Waals surface area contributed by atoms with E-state index in [-0.39, 0.29) is 18.7 Å². The first-order chi connectivity index (χ1) is 15.4. The lowest BCUT2D eigenvalue weighted by molar-refractivity contribution is -0.142. The van der Waals surface area contributed by atoms with Gasteiger partial charge >= 0.3 is 5.97 Å². The van der Waals surface area contributed by atoms with Crippen LogP contribution in [-0.2, 0) is 27.2 Å². The summed E-state index contributed by atoms with van der Waals surface area (Å²) < 4.78 is 0. The Labute approximate surface area is 187 Å². The highest BCUT2D eigenvalue weighted by Crippen LogP contribution is 2.19. The average Bonchev–Trinajstić information content (AvgIpc) is 2.79. The maximum atomic E-state index is 12.8. The van der Waals surface area contributed by atoms with Crippen molar-refractivity contribution in [3.63, 3.8) is 0 Å².